The zero-order chi connectivity index (χ0) is 18.2. The van der Waals surface area contributed by atoms with Gasteiger partial charge in [0.05, 0.1) is 12.3 Å². The van der Waals surface area contributed by atoms with Gasteiger partial charge in [-0.05, 0) is 30.5 Å². The quantitative estimate of drug-likeness (QED) is 0.748. The molecule has 6 nitrogen and oxygen atoms in total. The van der Waals surface area contributed by atoms with Crippen LogP contribution >= 0.6 is 0 Å². The number of amides is 3. The molecule has 1 atom stereocenters. The zero-order valence-electron chi connectivity index (χ0n) is 14.4. The highest BCUT2D eigenvalue weighted by molar-refractivity contribution is 5.82. The summed E-state index contributed by atoms with van der Waals surface area (Å²) >= 11 is 0. The summed E-state index contributed by atoms with van der Waals surface area (Å²) in [6.07, 6.45) is 1.72. The molecule has 1 aromatic carbocycles. The van der Waals surface area contributed by atoms with Crippen LogP contribution in [0.25, 0.3) is 0 Å². The molecule has 0 radical (unpaired) electrons. The van der Waals surface area contributed by atoms with Gasteiger partial charge in [-0.15, -0.1) is 0 Å². The number of hydrogen-bond donors (Lipinski definition) is 2. The van der Waals surface area contributed by atoms with E-state index in [1.807, 2.05) is 0 Å². The summed E-state index contributed by atoms with van der Waals surface area (Å²) < 4.78 is 12.9. The van der Waals surface area contributed by atoms with Crippen LogP contribution in [0, 0.1) is 11.7 Å². The zero-order valence-corrected chi connectivity index (χ0v) is 14.4. The first-order valence-corrected chi connectivity index (χ1v) is 8.50. The van der Waals surface area contributed by atoms with Gasteiger partial charge in [-0.1, -0.05) is 12.1 Å². The van der Waals surface area contributed by atoms with Gasteiger partial charge >= 0.3 is 0 Å². The molecule has 2 N–H and O–H groups in total. The van der Waals surface area contributed by atoms with E-state index in [1.54, 1.807) is 17.0 Å². The Morgan fingerprint density at radius 3 is 2.52 bits per heavy atom. The van der Waals surface area contributed by atoms with Crippen molar-refractivity contribution in [3.63, 3.8) is 0 Å². The Morgan fingerprint density at radius 2 is 1.84 bits per heavy atom. The van der Waals surface area contributed by atoms with Crippen LogP contribution < -0.4 is 10.6 Å². The lowest BCUT2D eigenvalue weighted by Crippen LogP contribution is -2.46. The lowest BCUT2D eigenvalue weighted by atomic mass is 9.96. The second-order valence-electron chi connectivity index (χ2n) is 6.26. The standard InChI is InChI=1S/C18H24FN3O3/c1-13(23)20-8-9-21-18(25)15-3-2-10-22(12-15)17(24)11-14-4-6-16(19)7-5-14/h4-7,15H,2-3,8-12H2,1H3,(H,20,23)(H,21,25)/t15-/m0/s1. The van der Waals surface area contributed by atoms with Crippen LogP contribution in [0.2, 0.25) is 0 Å². The average molecular weight is 349 g/mol. The van der Waals surface area contributed by atoms with Crippen LogP contribution in [-0.4, -0.2) is 48.8 Å². The van der Waals surface area contributed by atoms with Crippen LogP contribution in [0.1, 0.15) is 25.3 Å². The molecule has 0 bridgehead atoms. The number of benzene rings is 1. The fourth-order valence-corrected chi connectivity index (χ4v) is 2.87. The third kappa shape index (κ3) is 6.17. The molecule has 0 spiro atoms. The van der Waals surface area contributed by atoms with E-state index in [9.17, 15) is 18.8 Å². The first-order valence-electron chi connectivity index (χ1n) is 8.50. The molecule has 0 aliphatic carbocycles. The maximum Gasteiger partial charge on any atom is 0.227 e. The van der Waals surface area contributed by atoms with Crippen molar-refractivity contribution in [2.45, 2.75) is 26.2 Å². The Bertz CT molecular complexity index is 618. The van der Waals surface area contributed by atoms with E-state index >= 15 is 0 Å². The number of likely N-dealkylation sites (tertiary alicyclic amines) is 1. The number of carbonyl (C=O) groups is 3. The molecule has 0 saturated carbocycles. The summed E-state index contributed by atoms with van der Waals surface area (Å²) in [5, 5.41) is 5.41. The maximum absolute atomic E-state index is 12.9. The Balaban J connectivity index is 1.80. The minimum atomic E-state index is -0.329. The summed E-state index contributed by atoms with van der Waals surface area (Å²) in [4.78, 5) is 37.1. The average Bonchev–Trinajstić information content (AvgIpc) is 2.60. The maximum atomic E-state index is 12.9. The van der Waals surface area contributed by atoms with Crippen molar-refractivity contribution >= 4 is 17.7 Å². The van der Waals surface area contributed by atoms with E-state index in [0.717, 1.165) is 18.4 Å². The van der Waals surface area contributed by atoms with Crippen LogP contribution in [0.3, 0.4) is 0 Å². The van der Waals surface area contributed by atoms with Crippen molar-refractivity contribution in [2.24, 2.45) is 5.92 Å². The van der Waals surface area contributed by atoms with E-state index in [0.29, 0.717) is 26.2 Å². The topological polar surface area (TPSA) is 78.5 Å². The number of nitrogens with zero attached hydrogens (tertiary/aromatic N) is 1. The fraction of sp³-hybridized carbons (Fsp3) is 0.500. The number of rotatable bonds is 6. The number of piperidine rings is 1. The van der Waals surface area contributed by atoms with Gasteiger partial charge in [0, 0.05) is 33.1 Å². The molecule has 1 fully saturated rings. The van der Waals surface area contributed by atoms with Crippen LogP contribution in [0.4, 0.5) is 4.39 Å². The predicted octanol–water partition coefficient (Wildman–Crippen LogP) is 0.859. The minimum absolute atomic E-state index is 0.0534. The first-order chi connectivity index (χ1) is 12.0. The molecule has 1 saturated heterocycles. The van der Waals surface area contributed by atoms with Crippen LogP contribution in [0.5, 0.6) is 0 Å². The summed E-state index contributed by atoms with van der Waals surface area (Å²) in [5.41, 5.74) is 0.758. The van der Waals surface area contributed by atoms with Crippen molar-refractivity contribution in [3.8, 4) is 0 Å². The molecule has 0 unspecified atom stereocenters. The summed E-state index contributed by atoms with van der Waals surface area (Å²) in [6.45, 7) is 3.22. The van der Waals surface area contributed by atoms with Crippen LogP contribution in [-0.2, 0) is 20.8 Å². The lowest BCUT2D eigenvalue weighted by Gasteiger charge is -2.32. The smallest absolute Gasteiger partial charge is 0.227 e. The van der Waals surface area contributed by atoms with Gasteiger partial charge in [-0.25, -0.2) is 4.39 Å². The molecule has 1 aliphatic rings. The van der Waals surface area contributed by atoms with Crippen molar-refractivity contribution in [1.82, 2.24) is 15.5 Å². The second kappa shape index (κ2) is 9.15. The van der Waals surface area contributed by atoms with Gasteiger partial charge in [-0.3, -0.25) is 14.4 Å². The number of hydrogen-bond acceptors (Lipinski definition) is 3. The third-order valence-electron chi connectivity index (χ3n) is 4.21. The van der Waals surface area contributed by atoms with Gasteiger partial charge in [0.15, 0.2) is 0 Å². The van der Waals surface area contributed by atoms with Gasteiger partial charge in [0.25, 0.3) is 0 Å². The molecule has 1 heterocycles. The van der Waals surface area contributed by atoms with E-state index in [4.69, 9.17) is 0 Å². The normalized spacial score (nSPS) is 17.0. The van der Waals surface area contributed by atoms with Gasteiger partial charge in [0.2, 0.25) is 17.7 Å². The minimum Gasteiger partial charge on any atom is -0.355 e. The van der Waals surface area contributed by atoms with Gasteiger partial charge < -0.3 is 15.5 Å². The largest absolute Gasteiger partial charge is 0.355 e. The molecule has 25 heavy (non-hydrogen) atoms. The van der Waals surface area contributed by atoms with E-state index in [-0.39, 0.29) is 35.9 Å². The third-order valence-corrected chi connectivity index (χ3v) is 4.21. The number of halogens is 1. The molecule has 1 aromatic rings. The predicted molar refractivity (Wildman–Crippen MR) is 91.1 cm³/mol. The van der Waals surface area contributed by atoms with Crippen molar-refractivity contribution < 1.29 is 18.8 Å². The van der Waals surface area contributed by atoms with Gasteiger partial charge in [-0.2, -0.15) is 0 Å². The first kappa shape index (κ1) is 18.9. The molecule has 0 aromatic heterocycles. The van der Waals surface area contributed by atoms with Crippen LogP contribution in [0.15, 0.2) is 24.3 Å². The summed E-state index contributed by atoms with van der Waals surface area (Å²) in [5.74, 6) is -0.843. The molecule has 7 heteroatoms. The Hall–Kier alpha value is -2.44. The SMILES string of the molecule is CC(=O)NCCNC(=O)[C@H]1CCCN(C(=O)Cc2ccc(F)cc2)C1. The number of carbonyl (C=O) groups excluding carboxylic acids is 3. The Morgan fingerprint density at radius 1 is 1.16 bits per heavy atom. The van der Waals surface area contributed by atoms with E-state index in [2.05, 4.69) is 10.6 Å². The molecular weight excluding hydrogens is 325 g/mol. The van der Waals surface area contributed by atoms with Crippen molar-refractivity contribution in [1.29, 1.82) is 0 Å². The number of nitrogens with one attached hydrogen (secondary N) is 2. The lowest BCUT2D eigenvalue weighted by molar-refractivity contribution is -0.135. The molecular formula is C18H24FN3O3. The molecule has 1 aliphatic heterocycles. The fourth-order valence-electron chi connectivity index (χ4n) is 2.87. The monoisotopic (exact) mass is 349 g/mol. The highest BCUT2D eigenvalue weighted by Crippen LogP contribution is 2.18. The van der Waals surface area contributed by atoms with Gasteiger partial charge in [0.1, 0.15) is 5.82 Å². The van der Waals surface area contributed by atoms with E-state index in [1.165, 1.54) is 19.1 Å². The summed E-state index contributed by atoms with van der Waals surface area (Å²) in [7, 11) is 0. The molecule has 3 amide bonds. The Labute approximate surface area is 146 Å². The second-order valence-corrected chi connectivity index (χ2v) is 6.26. The highest BCUT2D eigenvalue weighted by atomic mass is 19.1. The van der Waals surface area contributed by atoms with E-state index < -0.39 is 0 Å². The molecule has 136 valence electrons. The Kier molecular flexibility index (Phi) is 6.91. The van der Waals surface area contributed by atoms with Crippen molar-refractivity contribution in [3.05, 3.63) is 35.6 Å². The molecule has 2 rings (SSSR count). The highest BCUT2D eigenvalue weighted by Gasteiger charge is 2.28. The van der Waals surface area contributed by atoms with Crippen molar-refractivity contribution in [2.75, 3.05) is 26.2 Å². The summed E-state index contributed by atoms with van der Waals surface area (Å²) in [6, 6.07) is 5.88.